The van der Waals surface area contributed by atoms with Crippen molar-refractivity contribution >= 4 is 11.8 Å². The second kappa shape index (κ2) is 9.22. The van der Waals surface area contributed by atoms with Gasteiger partial charge < -0.3 is 16.0 Å². The summed E-state index contributed by atoms with van der Waals surface area (Å²) in [5.41, 5.74) is 7.75. The molecule has 0 aliphatic carbocycles. The third-order valence-electron chi connectivity index (χ3n) is 4.75. The molecule has 8 heteroatoms. The van der Waals surface area contributed by atoms with Gasteiger partial charge in [0.05, 0.1) is 11.4 Å². The lowest BCUT2D eigenvalue weighted by molar-refractivity contribution is 0.493. The molecule has 0 radical (unpaired) electrons. The minimum atomic E-state index is -0.331. The standard InChI is InChI=1S/C20H26FN7/c1-2-24-20(27-12-3-4-13-27)25-11-5-6-18-17(14-22)19(23)28(26-18)16-9-7-15(21)8-10-16/h7-10H,2-6,11-13,23H2,1H3,(H,24,25). The lowest BCUT2D eigenvalue weighted by Crippen LogP contribution is -2.39. The predicted molar refractivity (Wildman–Crippen MR) is 108 cm³/mol. The van der Waals surface area contributed by atoms with Crippen LogP contribution in [0.25, 0.3) is 5.69 Å². The Balaban J connectivity index is 1.68. The van der Waals surface area contributed by atoms with E-state index in [0.717, 1.165) is 32.0 Å². The van der Waals surface area contributed by atoms with Crippen molar-refractivity contribution in [3.05, 3.63) is 41.3 Å². The number of halogens is 1. The van der Waals surface area contributed by atoms with Gasteiger partial charge in [0.2, 0.25) is 0 Å². The van der Waals surface area contributed by atoms with Gasteiger partial charge in [0.15, 0.2) is 5.96 Å². The van der Waals surface area contributed by atoms with Gasteiger partial charge in [-0.3, -0.25) is 4.99 Å². The Hall–Kier alpha value is -3.08. The molecule has 1 aliphatic heterocycles. The highest BCUT2D eigenvalue weighted by molar-refractivity contribution is 5.80. The van der Waals surface area contributed by atoms with Crippen LogP contribution in [-0.2, 0) is 6.42 Å². The Kier molecular flexibility index (Phi) is 6.48. The van der Waals surface area contributed by atoms with Crippen molar-refractivity contribution in [2.24, 2.45) is 4.99 Å². The zero-order valence-electron chi connectivity index (χ0n) is 16.2. The average Bonchev–Trinajstić information content (AvgIpc) is 3.33. The van der Waals surface area contributed by atoms with Crippen LogP contribution < -0.4 is 11.1 Å². The van der Waals surface area contributed by atoms with Gasteiger partial charge in [-0.25, -0.2) is 9.07 Å². The number of aliphatic imine (C=N–C) groups is 1. The second-order valence-electron chi connectivity index (χ2n) is 6.74. The molecule has 0 unspecified atom stereocenters. The molecule has 0 bridgehead atoms. The molecular formula is C20H26FN7. The third kappa shape index (κ3) is 4.42. The van der Waals surface area contributed by atoms with Gasteiger partial charge in [-0.05, 0) is 56.9 Å². The SMILES string of the molecule is CCNC(=NCCCc1nn(-c2ccc(F)cc2)c(N)c1C#N)N1CCCC1. The van der Waals surface area contributed by atoms with Crippen molar-refractivity contribution in [1.82, 2.24) is 20.0 Å². The van der Waals surface area contributed by atoms with Gasteiger partial charge >= 0.3 is 0 Å². The highest BCUT2D eigenvalue weighted by Crippen LogP contribution is 2.21. The number of anilines is 1. The number of nitrogens with zero attached hydrogens (tertiary/aromatic N) is 5. The molecule has 0 atom stereocenters. The Morgan fingerprint density at radius 3 is 2.68 bits per heavy atom. The third-order valence-corrected chi connectivity index (χ3v) is 4.75. The lowest BCUT2D eigenvalue weighted by atomic mass is 10.1. The number of benzene rings is 1. The Bertz CT molecular complexity index is 858. The van der Waals surface area contributed by atoms with Crippen molar-refractivity contribution in [2.45, 2.75) is 32.6 Å². The summed E-state index contributed by atoms with van der Waals surface area (Å²) in [7, 11) is 0. The number of nitrogen functional groups attached to an aromatic ring is 1. The fourth-order valence-corrected chi connectivity index (χ4v) is 3.34. The molecule has 7 nitrogen and oxygen atoms in total. The van der Waals surface area contributed by atoms with Crippen molar-refractivity contribution < 1.29 is 4.39 Å². The molecule has 28 heavy (non-hydrogen) atoms. The summed E-state index contributed by atoms with van der Waals surface area (Å²) in [4.78, 5) is 6.99. The maximum absolute atomic E-state index is 13.2. The summed E-state index contributed by atoms with van der Waals surface area (Å²) in [6, 6.07) is 8.01. The molecule has 0 spiro atoms. The molecule has 0 amide bonds. The van der Waals surface area contributed by atoms with Crippen LogP contribution in [0.1, 0.15) is 37.4 Å². The van der Waals surface area contributed by atoms with E-state index in [2.05, 4.69) is 28.3 Å². The molecule has 2 heterocycles. The minimum Gasteiger partial charge on any atom is -0.382 e. The number of hydrogen-bond acceptors (Lipinski definition) is 4. The van der Waals surface area contributed by atoms with Crippen LogP contribution in [-0.4, -0.2) is 46.8 Å². The van der Waals surface area contributed by atoms with E-state index in [1.165, 1.54) is 29.7 Å². The van der Waals surface area contributed by atoms with Gasteiger partial charge in [0.25, 0.3) is 0 Å². The highest BCUT2D eigenvalue weighted by atomic mass is 19.1. The summed E-state index contributed by atoms with van der Waals surface area (Å²) in [5.74, 6) is 0.900. The number of nitriles is 1. The molecule has 3 N–H and O–H groups in total. The smallest absolute Gasteiger partial charge is 0.193 e. The topological polar surface area (TPSA) is 95.3 Å². The number of guanidine groups is 1. The van der Waals surface area contributed by atoms with E-state index in [0.29, 0.717) is 29.9 Å². The normalized spacial score (nSPS) is 14.3. The molecule has 0 saturated carbocycles. The summed E-state index contributed by atoms with van der Waals surface area (Å²) >= 11 is 0. The van der Waals surface area contributed by atoms with Crippen LogP contribution >= 0.6 is 0 Å². The Morgan fingerprint density at radius 1 is 1.32 bits per heavy atom. The van der Waals surface area contributed by atoms with Crippen LogP contribution in [0.2, 0.25) is 0 Å². The number of nitrogens with two attached hydrogens (primary N) is 1. The summed E-state index contributed by atoms with van der Waals surface area (Å²) in [6.45, 7) is 5.64. The van der Waals surface area contributed by atoms with Gasteiger partial charge in [-0.2, -0.15) is 10.4 Å². The number of likely N-dealkylation sites (tertiary alicyclic amines) is 1. The molecule has 1 aromatic heterocycles. The van der Waals surface area contributed by atoms with E-state index in [-0.39, 0.29) is 11.6 Å². The van der Waals surface area contributed by atoms with Crippen molar-refractivity contribution in [1.29, 1.82) is 5.26 Å². The van der Waals surface area contributed by atoms with Crippen LogP contribution in [0.15, 0.2) is 29.3 Å². The van der Waals surface area contributed by atoms with Crippen molar-refractivity contribution in [2.75, 3.05) is 31.9 Å². The van der Waals surface area contributed by atoms with Gasteiger partial charge in [-0.1, -0.05) is 0 Å². The highest BCUT2D eigenvalue weighted by Gasteiger charge is 2.17. The number of aryl methyl sites for hydroxylation is 1. The molecule has 1 saturated heterocycles. The van der Waals surface area contributed by atoms with Crippen LogP contribution in [0.5, 0.6) is 0 Å². The van der Waals surface area contributed by atoms with Gasteiger partial charge in [0.1, 0.15) is 23.3 Å². The maximum Gasteiger partial charge on any atom is 0.193 e. The first kappa shape index (κ1) is 19.7. The molecule has 3 rings (SSSR count). The van der Waals surface area contributed by atoms with Crippen LogP contribution in [0.4, 0.5) is 10.2 Å². The minimum absolute atomic E-state index is 0.276. The summed E-state index contributed by atoms with van der Waals surface area (Å²) < 4.78 is 14.6. The van der Waals surface area contributed by atoms with Crippen molar-refractivity contribution in [3.8, 4) is 11.8 Å². The van der Waals surface area contributed by atoms with E-state index in [9.17, 15) is 9.65 Å². The van der Waals surface area contributed by atoms with E-state index in [1.807, 2.05) is 0 Å². The van der Waals surface area contributed by atoms with E-state index in [4.69, 9.17) is 10.7 Å². The number of rotatable bonds is 6. The molecule has 1 aromatic carbocycles. The molecule has 2 aromatic rings. The van der Waals surface area contributed by atoms with Crippen LogP contribution in [0, 0.1) is 17.1 Å². The molecular weight excluding hydrogens is 357 g/mol. The Morgan fingerprint density at radius 2 is 2.04 bits per heavy atom. The predicted octanol–water partition coefficient (Wildman–Crippen LogP) is 2.46. The summed E-state index contributed by atoms with van der Waals surface area (Å²) in [5, 5.41) is 17.3. The number of aromatic nitrogens is 2. The lowest BCUT2D eigenvalue weighted by Gasteiger charge is -2.20. The summed E-state index contributed by atoms with van der Waals surface area (Å²) in [6.07, 6.45) is 3.77. The van der Waals surface area contributed by atoms with E-state index in [1.54, 1.807) is 12.1 Å². The molecule has 1 fully saturated rings. The van der Waals surface area contributed by atoms with Crippen LogP contribution in [0.3, 0.4) is 0 Å². The zero-order valence-corrected chi connectivity index (χ0v) is 16.2. The first-order valence-corrected chi connectivity index (χ1v) is 9.70. The fourth-order valence-electron chi connectivity index (χ4n) is 3.34. The monoisotopic (exact) mass is 383 g/mol. The van der Waals surface area contributed by atoms with Crippen molar-refractivity contribution in [3.63, 3.8) is 0 Å². The number of hydrogen-bond donors (Lipinski definition) is 2. The average molecular weight is 383 g/mol. The van der Waals surface area contributed by atoms with Gasteiger partial charge in [-0.15, -0.1) is 0 Å². The fraction of sp³-hybridized carbons (Fsp3) is 0.450. The first-order chi connectivity index (χ1) is 13.6. The van der Waals surface area contributed by atoms with E-state index < -0.39 is 0 Å². The molecule has 148 valence electrons. The maximum atomic E-state index is 13.2. The number of nitrogens with one attached hydrogen (secondary N) is 1. The molecule has 1 aliphatic rings. The quantitative estimate of drug-likeness (QED) is 0.454. The Labute approximate surface area is 164 Å². The largest absolute Gasteiger partial charge is 0.382 e. The second-order valence-corrected chi connectivity index (χ2v) is 6.74. The zero-order chi connectivity index (χ0) is 19.9. The van der Waals surface area contributed by atoms with Gasteiger partial charge in [0, 0.05) is 26.2 Å². The first-order valence-electron chi connectivity index (χ1n) is 9.70. The van der Waals surface area contributed by atoms with E-state index >= 15 is 0 Å².